The van der Waals surface area contributed by atoms with E-state index in [0.29, 0.717) is 79.1 Å². The molecule has 8 aromatic rings. The Morgan fingerprint density at radius 1 is 0.419 bits per heavy atom. The number of nitrogens with one attached hydrogen (secondary N) is 8. The van der Waals surface area contributed by atoms with Crippen molar-refractivity contribution in [3.63, 3.8) is 0 Å². The van der Waals surface area contributed by atoms with Crippen LogP contribution in [0.25, 0.3) is 0 Å². The van der Waals surface area contributed by atoms with Gasteiger partial charge >= 0.3 is 0 Å². The van der Waals surface area contributed by atoms with Gasteiger partial charge in [-0.25, -0.2) is 9.97 Å². The molecule has 618 valence electrons. The van der Waals surface area contributed by atoms with Crippen molar-refractivity contribution < 1.29 is 38.4 Å². The summed E-state index contributed by atoms with van der Waals surface area (Å²) in [5, 5.41) is 61.4. The molecule has 42 heteroatoms. The Morgan fingerprint density at radius 2 is 0.752 bits per heavy atom. The molecule has 0 spiro atoms. The van der Waals surface area contributed by atoms with Gasteiger partial charge in [0.05, 0.1) is 59.6 Å². The molecule has 16 N–H and O–H groups in total. The zero-order chi connectivity index (χ0) is 83.7. The minimum Gasteiger partial charge on any atom is -0.364 e. The van der Waals surface area contributed by atoms with Crippen LogP contribution in [0, 0.1) is 0 Å². The van der Waals surface area contributed by atoms with Crippen LogP contribution < -0.4 is 85.1 Å². The second-order valence-corrected chi connectivity index (χ2v) is 28.9. The summed E-state index contributed by atoms with van der Waals surface area (Å²) in [6.45, 7) is 27.6. The van der Waals surface area contributed by atoms with Gasteiger partial charge in [-0.15, -0.1) is 30.6 Å². The third-order valence-corrected chi connectivity index (χ3v) is 20.7. The lowest BCUT2D eigenvalue weighted by molar-refractivity contribution is -0.118. The molecule has 0 aromatic carbocycles. The van der Waals surface area contributed by atoms with Crippen molar-refractivity contribution in [1.82, 2.24) is 111 Å². The number of piperidine rings is 4. The fourth-order valence-electron chi connectivity index (χ4n) is 14.0. The summed E-state index contributed by atoms with van der Waals surface area (Å²) in [5.41, 5.74) is 24.6. The standard InChI is InChI=1S/C20H26N8O2.C19H25N9O2.C18H25N9O2.C18H24N8O2/c1-3-17(29)25-15-5-4-8-27(12(15)2)16-10-22-18(19(21)30)20(26-16)24-13-9-23-28(11-13)14-6-7-14;1-3-15(29)23-14-5-4-8-27(11(14)2)19-24-18(16(17(20)30)25-26-19)22-12-9-21-28(10-12)13-6-7-13;1-4-14(28)22-13-7-6-8-27(11(13)3)18-23-17(15(16(19)29)24-25-18)21-12-9-20-26(5-2)10-12;1-4-14(27)21-13-6-5-8-26(11(13)2)18-22-17(15(16(19)28)23-24-18)20-12-7-9-25(3)10-12/h3,9-12,14-15H,1,4-8H2,2H3,(H2,21,30)(H,24,26)(H,25,29);3,9-11,13-14H,1,4-8H2,2H3,(H2,20,30)(H,23,29)(H,22,24,26);4,9-11,13H,1,5-8H2,2-3H3,(H2,19,29)(H,22,28)(H,21,23,25);4,7,9-11,13H,1,5-6,8H2,2-3H3,(H2,19,28)(H,21,27)(H,20,22,24)/t12-,15-;11-,14-;2*11-,13-/m1111/s1. The van der Waals surface area contributed by atoms with E-state index in [9.17, 15) is 38.4 Å². The van der Waals surface area contributed by atoms with E-state index < -0.39 is 23.6 Å². The van der Waals surface area contributed by atoms with E-state index in [-0.39, 0.29) is 112 Å². The number of amides is 8. The second-order valence-electron chi connectivity index (χ2n) is 28.9. The normalized spacial score (nSPS) is 20.1. The molecular weight excluding hydrogens is 1510 g/mol. The summed E-state index contributed by atoms with van der Waals surface area (Å²) < 4.78 is 7.40. The first-order chi connectivity index (χ1) is 56.2. The maximum absolute atomic E-state index is 11.9. The lowest BCUT2D eigenvalue weighted by Gasteiger charge is -2.40. The van der Waals surface area contributed by atoms with E-state index in [4.69, 9.17) is 22.9 Å². The number of carbonyl (C=O) groups is 8. The van der Waals surface area contributed by atoms with Gasteiger partial charge in [0, 0.05) is 119 Å². The SMILES string of the molecule is C=CC(=O)N[C@@H]1CCCN(c2cnc(C(N)=O)c(Nc3cnn(C4CC4)c3)n2)[C@@H]1C.C=CC(=O)N[C@@H]1CCCN(c2nnc(C(N)=O)c(Nc3ccn(C)c3)n2)[C@@H]1C.C=CC(=O)N[C@@H]1CCCN(c2nnc(C(N)=O)c(Nc3cnn(C4CC4)c3)n2)[C@@H]1C.C=CC(=O)N[C@@H]1CCCN(c2nnc(C(N)=O)c(Nc3cnn(CC)c3)n2)[C@@H]1C. The first-order valence-electron chi connectivity index (χ1n) is 38.6. The summed E-state index contributed by atoms with van der Waals surface area (Å²) in [6.07, 6.45) is 32.2. The van der Waals surface area contributed by atoms with E-state index in [1.807, 2.05) is 101 Å². The van der Waals surface area contributed by atoms with Gasteiger partial charge in [0.2, 0.25) is 41.5 Å². The Bertz CT molecular complexity index is 4790. The Morgan fingerprint density at radius 3 is 1.08 bits per heavy atom. The summed E-state index contributed by atoms with van der Waals surface area (Å²) in [4.78, 5) is 125. The molecule has 4 aliphatic heterocycles. The molecule has 8 atom stereocenters. The van der Waals surface area contributed by atoms with Gasteiger partial charge in [0.1, 0.15) is 5.82 Å². The highest BCUT2D eigenvalue weighted by Gasteiger charge is 2.37. The van der Waals surface area contributed by atoms with Gasteiger partial charge in [0.25, 0.3) is 23.6 Å². The van der Waals surface area contributed by atoms with Crippen molar-refractivity contribution in [2.75, 3.05) is 67.0 Å². The molecule has 12 heterocycles. The number of nitrogens with two attached hydrogens (primary N) is 4. The number of carbonyl (C=O) groups excluding carboxylic acids is 8. The van der Waals surface area contributed by atoms with Crippen LogP contribution in [0.4, 0.5) is 69.7 Å². The molecular formula is C75H100N34O8. The van der Waals surface area contributed by atoms with Gasteiger partial charge in [-0.3, -0.25) is 52.4 Å². The number of anilines is 12. The summed E-state index contributed by atoms with van der Waals surface area (Å²) in [5.74, 6) is -1.000. The predicted molar refractivity (Wildman–Crippen MR) is 436 cm³/mol. The molecule has 2 saturated carbocycles. The largest absolute Gasteiger partial charge is 0.364 e. The minimum absolute atomic E-state index is 0.00171. The van der Waals surface area contributed by atoms with Crippen LogP contribution in [0.5, 0.6) is 0 Å². The van der Waals surface area contributed by atoms with Crippen molar-refractivity contribution in [3.8, 4) is 0 Å². The average Bonchev–Trinajstić information content (AvgIpc) is 1.77. The zero-order valence-corrected chi connectivity index (χ0v) is 66.1. The smallest absolute Gasteiger partial charge is 0.273 e. The van der Waals surface area contributed by atoms with E-state index in [1.165, 1.54) is 24.3 Å². The number of primary amides is 4. The molecule has 0 unspecified atom stereocenters. The Kier molecular flexibility index (Phi) is 27.5. The van der Waals surface area contributed by atoms with Crippen LogP contribution in [0.15, 0.2) is 112 Å². The Labute approximate surface area is 674 Å². The van der Waals surface area contributed by atoms with Crippen LogP contribution in [0.1, 0.15) is 166 Å². The van der Waals surface area contributed by atoms with Crippen molar-refractivity contribution in [1.29, 1.82) is 0 Å². The maximum atomic E-state index is 11.9. The van der Waals surface area contributed by atoms with Crippen molar-refractivity contribution >= 4 is 117 Å². The molecule has 117 heavy (non-hydrogen) atoms. The second kappa shape index (κ2) is 38.3. The van der Waals surface area contributed by atoms with Crippen molar-refractivity contribution in [3.05, 3.63) is 135 Å². The summed E-state index contributed by atoms with van der Waals surface area (Å²) in [6, 6.07) is 2.31. The topological polar surface area (TPSA) is 550 Å². The van der Waals surface area contributed by atoms with Crippen LogP contribution in [0.3, 0.4) is 0 Å². The molecule has 42 nitrogen and oxygen atoms in total. The lowest BCUT2D eigenvalue weighted by Crippen LogP contribution is -2.54. The van der Waals surface area contributed by atoms with Crippen LogP contribution in [-0.2, 0) is 32.8 Å². The van der Waals surface area contributed by atoms with E-state index >= 15 is 0 Å². The first-order valence-corrected chi connectivity index (χ1v) is 38.6. The molecule has 14 rings (SSSR count). The predicted octanol–water partition coefficient (Wildman–Crippen LogP) is 3.72. The fraction of sp³-hybridized carbons (Fsp3) is 0.440. The minimum atomic E-state index is -0.732. The quantitative estimate of drug-likeness (QED) is 0.0326. The molecule has 8 aromatic heterocycles. The number of rotatable bonds is 27. The number of aromatic nitrogens is 18. The van der Waals surface area contributed by atoms with Crippen molar-refractivity contribution in [2.45, 2.75) is 179 Å². The summed E-state index contributed by atoms with van der Waals surface area (Å²) in [7, 11) is 1.89. The molecule has 6 fully saturated rings. The van der Waals surface area contributed by atoms with Gasteiger partial charge < -0.3 is 89.6 Å². The number of hydrogen-bond acceptors (Lipinski definition) is 30. The first kappa shape index (κ1) is 84.1. The van der Waals surface area contributed by atoms with Crippen molar-refractivity contribution in [2.24, 2.45) is 30.0 Å². The highest BCUT2D eigenvalue weighted by molar-refractivity contribution is 5.98. The average molecular weight is 1610 g/mol. The van der Waals surface area contributed by atoms with E-state index in [2.05, 4.69) is 145 Å². The van der Waals surface area contributed by atoms with Crippen LogP contribution >= 0.6 is 0 Å². The number of hydrogen-bond donors (Lipinski definition) is 12. The molecule has 0 bridgehead atoms. The molecule has 4 saturated heterocycles. The third-order valence-electron chi connectivity index (χ3n) is 20.7. The van der Waals surface area contributed by atoms with Crippen LogP contribution in [0.2, 0.25) is 0 Å². The van der Waals surface area contributed by atoms with Crippen LogP contribution in [-0.4, -0.2) is 211 Å². The highest BCUT2D eigenvalue weighted by Crippen LogP contribution is 2.37. The molecule has 6 aliphatic rings. The van der Waals surface area contributed by atoms with Gasteiger partial charge in [0.15, 0.2) is 46.0 Å². The zero-order valence-electron chi connectivity index (χ0n) is 66.1. The number of aryl methyl sites for hydroxylation is 2. The summed E-state index contributed by atoms with van der Waals surface area (Å²) >= 11 is 0. The Balaban J connectivity index is 0.000000153. The van der Waals surface area contributed by atoms with Gasteiger partial charge in [-0.2, -0.15) is 30.2 Å². The van der Waals surface area contributed by atoms with E-state index in [0.717, 1.165) is 95.0 Å². The number of nitrogens with zero attached hydrogens (tertiary/aromatic N) is 22. The maximum Gasteiger partial charge on any atom is 0.273 e. The van der Waals surface area contributed by atoms with Gasteiger partial charge in [-0.05, 0) is 142 Å². The van der Waals surface area contributed by atoms with E-state index in [1.54, 1.807) is 35.7 Å². The molecule has 2 aliphatic carbocycles. The third kappa shape index (κ3) is 21.5. The molecule has 8 amide bonds. The Hall–Kier alpha value is -13.9. The fourth-order valence-corrected chi connectivity index (χ4v) is 14.0. The molecule has 0 radical (unpaired) electrons. The highest BCUT2D eigenvalue weighted by atomic mass is 16.2. The monoisotopic (exact) mass is 1600 g/mol. The lowest BCUT2D eigenvalue weighted by atomic mass is 9.97. The van der Waals surface area contributed by atoms with Gasteiger partial charge in [-0.1, -0.05) is 26.3 Å².